The Kier molecular flexibility index (Phi) is 4.21. The van der Waals surface area contributed by atoms with Crippen molar-refractivity contribution >= 4 is 0 Å². The second-order valence-electron chi connectivity index (χ2n) is 5.70. The number of aromatic nitrogens is 2. The van der Waals surface area contributed by atoms with Gasteiger partial charge in [0.1, 0.15) is 0 Å². The number of hydrogen-bond donors (Lipinski definition) is 1. The van der Waals surface area contributed by atoms with Gasteiger partial charge in [0.25, 0.3) is 0 Å². The summed E-state index contributed by atoms with van der Waals surface area (Å²) < 4.78 is 2.03. The average molecular weight is 235 g/mol. The molecule has 96 valence electrons. The highest BCUT2D eigenvalue weighted by Crippen LogP contribution is 2.29. The summed E-state index contributed by atoms with van der Waals surface area (Å²) in [6.07, 6.45) is 8.07. The van der Waals surface area contributed by atoms with Gasteiger partial charge in [0.15, 0.2) is 0 Å². The largest absolute Gasteiger partial charge is 0.312 e. The zero-order chi connectivity index (χ0) is 12.3. The van der Waals surface area contributed by atoms with Gasteiger partial charge in [-0.3, -0.25) is 4.68 Å². The summed E-state index contributed by atoms with van der Waals surface area (Å²) in [6, 6.07) is 0.720. The molecule has 1 heterocycles. The van der Waals surface area contributed by atoms with Gasteiger partial charge in [-0.05, 0) is 43.6 Å². The highest BCUT2D eigenvalue weighted by Gasteiger charge is 2.23. The third-order valence-corrected chi connectivity index (χ3v) is 4.13. The van der Waals surface area contributed by atoms with E-state index in [0.29, 0.717) is 0 Å². The smallest absolute Gasteiger partial charge is 0.0534 e. The van der Waals surface area contributed by atoms with Gasteiger partial charge in [-0.1, -0.05) is 13.8 Å². The van der Waals surface area contributed by atoms with Gasteiger partial charge < -0.3 is 5.32 Å². The molecule has 1 aromatic rings. The van der Waals surface area contributed by atoms with E-state index in [-0.39, 0.29) is 0 Å². The van der Waals surface area contributed by atoms with Crippen molar-refractivity contribution in [2.75, 3.05) is 6.54 Å². The van der Waals surface area contributed by atoms with E-state index in [0.717, 1.165) is 31.0 Å². The van der Waals surface area contributed by atoms with Gasteiger partial charge in [-0.2, -0.15) is 5.10 Å². The second-order valence-corrected chi connectivity index (χ2v) is 5.70. The monoisotopic (exact) mass is 235 g/mol. The summed E-state index contributed by atoms with van der Waals surface area (Å²) in [5, 5.41) is 7.97. The summed E-state index contributed by atoms with van der Waals surface area (Å²) in [5.74, 6) is 1.77. The van der Waals surface area contributed by atoms with Gasteiger partial charge in [0.2, 0.25) is 0 Å². The average Bonchev–Trinajstić information content (AvgIpc) is 2.70. The van der Waals surface area contributed by atoms with Crippen molar-refractivity contribution in [3.63, 3.8) is 0 Å². The molecule has 1 aliphatic rings. The fraction of sp³-hybridized carbons (Fsp3) is 0.786. The zero-order valence-electron chi connectivity index (χ0n) is 11.3. The van der Waals surface area contributed by atoms with E-state index in [2.05, 4.69) is 37.4 Å². The number of nitrogens with one attached hydrogen (secondary N) is 1. The normalized spacial score (nSPS) is 29.5. The number of nitrogens with zero attached hydrogens (tertiary/aromatic N) is 2. The summed E-state index contributed by atoms with van der Waals surface area (Å²) in [6.45, 7) is 8.87. The molecule has 0 aliphatic heterocycles. The number of hydrogen-bond acceptors (Lipinski definition) is 2. The lowest BCUT2D eigenvalue weighted by Crippen LogP contribution is -2.37. The topological polar surface area (TPSA) is 29.9 Å². The third-order valence-electron chi connectivity index (χ3n) is 4.13. The molecule has 0 bridgehead atoms. The quantitative estimate of drug-likeness (QED) is 0.869. The van der Waals surface area contributed by atoms with Gasteiger partial charge in [-0.25, -0.2) is 0 Å². The molecular formula is C14H25N3. The van der Waals surface area contributed by atoms with E-state index < -0.39 is 0 Å². The van der Waals surface area contributed by atoms with Crippen LogP contribution in [0.25, 0.3) is 0 Å². The summed E-state index contributed by atoms with van der Waals surface area (Å²) in [5.41, 5.74) is 1.24. The van der Waals surface area contributed by atoms with E-state index in [1.54, 1.807) is 0 Å². The Bertz CT molecular complexity index is 345. The van der Waals surface area contributed by atoms with Crippen molar-refractivity contribution in [3.8, 4) is 0 Å². The van der Waals surface area contributed by atoms with Crippen molar-refractivity contribution in [1.82, 2.24) is 15.1 Å². The molecule has 0 saturated heterocycles. The maximum absolute atomic E-state index is 4.30. The molecule has 1 N–H and O–H groups in total. The molecule has 3 atom stereocenters. The predicted octanol–water partition coefficient (Wildman–Crippen LogP) is 2.61. The zero-order valence-corrected chi connectivity index (χ0v) is 11.3. The first-order valence-electron chi connectivity index (χ1n) is 6.87. The van der Waals surface area contributed by atoms with Crippen LogP contribution in [0.15, 0.2) is 12.4 Å². The molecular weight excluding hydrogens is 210 g/mol. The van der Waals surface area contributed by atoms with Crippen LogP contribution in [0.5, 0.6) is 0 Å². The van der Waals surface area contributed by atoms with Crippen LogP contribution < -0.4 is 5.32 Å². The van der Waals surface area contributed by atoms with Crippen LogP contribution in [-0.2, 0) is 6.54 Å². The van der Waals surface area contributed by atoms with Crippen molar-refractivity contribution < 1.29 is 0 Å². The van der Waals surface area contributed by atoms with Crippen LogP contribution in [0.3, 0.4) is 0 Å². The number of rotatable bonds is 4. The highest BCUT2D eigenvalue weighted by molar-refractivity contribution is 4.99. The minimum Gasteiger partial charge on any atom is -0.312 e. The van der Waals surface area contributed by atoms with Crippen LogP contribution >= 0.6 is 0 Å². The van der Waals surface area contributed by atoms with Crippen molar-refractivity contribution in [2.24, 2.45) is 11.8 Å². The highest BCUT2D eigenvalue weighted by atomic mass is 15.3. The van der Waals surface area contributed by atoms with Crippen LogP contribution in [0.2, 0.25) is 0 Å². The summed E-state index contributed by atoms with van der Waals surface area (Å²) in [4.78, 5) is 0. The molecule has 3 unspecified atom stereocenters. The van der Waals surface area contributed by atoms with Crippen LogP contribution in [0.4, 0.5) is 0 Å². The lowest BCUT2D eigenvalue weighted by Gasteiger charge is -2.32. The number of aryl methyl sites for hydroxylation is 1. The predicted molar refractivity (Wildman–Crippen MR) is 70.9 cm³/mol. The molecule has 3 nitrogen and oxygen atoms in total. The molecule has 0 spiro atoms. The molecule has 1 aliphatic carbocycles. The van der Waals surface area contributed by atoms with E-state index in [4.69, 9.17) is 0 Å². The van der Waals surface area contributed by atoms with Gasteiger partial charge in [0.05, 0.1) is 12.7 Å². The van der Waals surface area contributed by atoms with E-state index in [1.165, 1.54) is 24.8 Å². The maximum Gasteiger partial charge on any atom is 0.0534 e. The molecule has 17 heavy (non-hydrogen) atoms. The molecule has 2 rings (SSSR count). The van der Waals surface area contributed by atoms with E-state index >= 15 is 0 Å². The Morgan fingerprint density at radius 2 is 2.18 bits per heavy atom. The molecule has 0 aromatic carbocycles. The van der Waals surface area contributed by atoms with Crippen molar-refractivity contribution in [1.29, 1.82) is 0 Å². The van der Waals surface area contributed by atoms with E-state index in [1.807, 2.05) is 10.9 Å². The minimum atomic E-state index is 0.720. The van der Waals surface area contributed by atoms with Gasteiger partial charge in [-0.15, -0.1) is 0 Å². The Balaban J connectivity index is 1.69. The molecule has 0 amide bonds. The first-order valence-corrected chi connectivity index (χ1v) is 6.87. The van der Waals surface area contributed by atoms with Gasteiger partial charge >= 0.3 is 0 Å². The lowest BCUT2D eigenvalue weighted by atomic mass is 9.79. The third kappa shape index (κ3) is 3.56. The van der Waals surface area contributed by atoms with Crippen LogP contribution in [0.1, 0.15) is 38.7 Å². The van der Waals surface area contributed by atoms with Gasteiger partial charge in [0, 0.05) is 18.8 Å². The fourth-order valence-electron chi connectivity index (χ4n) is 2.71. The SMILES string of the molecule is Cc1cnn(CCNC2CCC(C)C(C)C2)c1. The second kappa shape index (κ2) is 5.67. The lowest BCUT2D eigenvalue weighted by molar-refractivity contribution is 0.225. The summed E-state index contributed by atoms with van der Waals surface area (Å²) >= 11 is 0. The van der Waals surface area contributed by atoms with Crippen LogP contribution in [0, 0.1) is 18.8 Å². The fourth-order valence-corrected chi connectivity index (χ4v) is 2.71. The molecule has 1 aromatic heterocycles. The van der Waals surface area contributed by atoms with Crippen LogP contribution in [-0.4, -0.2) is 22.4 Å². The maximum atomic E-state index is 4.30. The molecule has 3 heteroatoms. The Morgan fingerprint density at radius 3 is 2.82 bits per heavy atom. The van der Waals surface area contributed by atoms with E-state index in [9.17, 15) is 0 Å². The molecule has 1 fully saturated rings. The van der Waals surface area contributed by atoms with Crippen molar-refractivity contribution in [2.45, 2.75) is 52.6 Å². The first-order chi connectivity index (χ1) is 8.15. The van der Waals surface area contributed by atoms with Crippen molar-refractivity contribution in [3.05, 3.63) is 18.0 Å². The molecule has 1 saturated carbocycles. The Hall–Kier alpha value is -0.830. The molecule has 0 radical (unpaired) electrons. The minimum absolute atomic E-state index is 0.720. The standard InChI is InChI=1S/C14H25N3/c1-11-9-16-17(10-11)7-6-15-14-5-4-12(2)13(3)8-14/h9-10,12-15H,4-8H2,1-3H3. The Labute approximate surface area is 105 Å². The summed E-state index contributed by atoms with van der Waals surface area (Å²) in [7, 11) is 0. The Morgan fingerprint density at radius 1 is 1.35 bits per heavy atom. The first kappa shape index (κ1) is 12.6.